The van der Waals surface area contributed by atoms with Crippen molar-refractivity contribution >= 4 is 17.5 Å². The number of hydrogen-bond acceptors (Lipinski definition) is 2. The molecule has 0 saturated carbocycles. The van der Waals surface area contributed by atoms with Gasteiger partial charge in [-0.1, -0.05) is 48.9 Å². The molecule has 6 heteroatoms. The largest absolute Gasteiger partial charge is 0.348 e. The second-order valence-corrected chi connectivity index (χ2v) is 6.03. The highest BCUT2D eigenvalue weighted by atomic mass is 35.5. The molecule has 128 valence electrons. The van der Waals surface area contributed by atoms with Gasteiger partial charge in [0.25, 0.3) is 5.91 Å². The summed E-state index contributed by atoms with van der Waals surface area (Å²) in [6.45, 7) is 2.29. The number of carbonyl (C=O) groups excluding carboxylic acids is 1. The van der Waals surface area contributed by atoms with Gasteiger partial charge in [-0.3, -0.25) is 9.89 Å². The van der Waals surface area contributed by atoms with Crippen molar-refractivity contribution in [2.24, 2.45) is 0 Å². The van der Waals surface area contributed by atoms with Gasteiger partial charge in [-0.05, 0) is 29.7 Å². The molecule has 0 unspecified atom stereocenters. The highest BCUT2D eigenvalue weighted by Gasteiger charge is 2.15. The van der Waals surface area contributed by atoms with Crippen LogP contribution in [0.5, 0.6) is 0 Å². The summed E-state index contributed by atoms with van der Waals surface area (Å²) in [5.74, 6) is -0.684. The van der Waals surface area contributed by atoms with Crippen molar-refractivity contribution in [3.05, 3.63) is 76.2 Å². The fourth-order valence-electron chi connectivity index (χ4n) is 2.52. The Bertz CT molecular complexity index is 890. The number of halogens is 2. The van der Waals surface area contributed by atoms with E-state index in [9.17, 15) is 9.18 Å². The molecule has 1 heterocycles. The first-order chi connectivity index (χ1) is 12.1. The topological polar surface area (TPSA) is 57.8 Å². The molecule has 0 aliphatic heterocycles. The molecule has 0 spiro atoms. The molecule has 0 fully saturated rings. The number of hydrogen-bond donors (Lipinski definition) is 2. The molecule has 0 aliphatic carbocycles. The van der Waals surface area contributed by atoms with Gasteiger partial charge < -0.3 is 5.32 Å². The molecular formula is C19H17ClFN3O. The lowest BCUT2D eigenvalue weighted by Gasteiger charge is -2.08. The minimum atomic E-state index is -0.410. The van der Waals surface area contributed by atoms with Gasteiger partial charge in [-0.15, -0.1) is 0 Å². The van der Waals surface area contributed by atoms with Crippen molar-refractivity contribution in [1.29, 1.82) is 0 Å². The number of aromatic amines is 1. The molecule has 0 radical (unpaired) electrons. The van der Waals surface area contributed by atoms with E-state index in [1.807, 2.05) is 24.3 Å². The van der Waals surface area contributed by atoms with Crippen LogP contribution < -0.4 is 5.32 Å². The molecule has 3 aromatic rings. The highest BCUT2D eigenvalue weighted by Crippen LogP contribution is 2.22. The van der Waals surface area contributed by atoms with Crippen LogP contribution in [0.2, 0.25) is 5.02 Å². The van der Waals surface area contributed by atoms with Crippen LogP contribution in [0.1, 0.15) is 28.4 Å². The predicted molar refractivity (Wildman–Crippen MR) is 96.0 cm³/mol. The molecule has 3 rings (SSSR count). The second kappa shape index (κ2) is 7.49. The SMILES string of the molecule is CCc1ccc(-c2[nH]ncc2C(=O)NCc2ccc(F)cc2Cl)cc1. The number of nitrogens with zero attached hydrogens (tertiary/aromatic N) is 1. The van der Waals surface area contributed by atoms with Gasteiger partial charge in [-0.25, -0.2) is 4.39 Å². The van der Waals surface area contributed by atoms with Crippen LogP contribution in [0.4, 0.5) is 4.39 Å². The fraction of sp³-hybridized carbons (Fsp3) is 0.158. The Hall–Kier alpha value is -2.66. The fourth-order valence-corrected chi connectivity index (χ4v) is 2.76. The number of H-pyrrole nitrogens is 1. The van der Waals surface area contributed by atoms with Crippen molar-refractivity contribution in [2.75, 3.05) is 0 Å². The third kappa shape index (κ3) is 3.88. The van der Waals surface area contributed by atoms with Crippen LogP contribution in [-0.2, 0) is 13.0 Å². The van der Waals surface area contributed by atoms with Gasteiger partial charge in [0.15, 0.2) is 0 Å². The van der Waals surface area contributed by atoms with E-state index in [0.29, 0.717) is 16.8 Å². The maximum atomic E-state index is 13.1. The maximum Gasteiger partial charge on any atom is 0.255 e. The quantitative estimate of drug-likeness (QED) is 0.712. The van der Waals surface area contributed by atoms with Crippen molar-refractivity contribution in [2.45, 2.75) is 19.9 Å². The number of nitrogens with one attached hydrogen (secondary N) is 2. The number of aromatic nitrogens is 2. The van der Waals surface area contributed by atoms with Crippen molar-refractivity contribution in [3.8, 4) is 11.3 Å². The van der Waals surface area contributed by atoms with Gasteiger partial charge in [0, 0.05) is 17.1 Å². The average Bonchev–Trinajstić information content (AvgIpc) is 3.10. The Balaban J connectivity index is 1.75. The molecule has 0 saturated heterocycles. The summed E-state index contributed by atoms with van der Waals surface area (Å²) in [6.07, 6.45) is 2.44. The van der Waals surface area contributed by atoms with Gasteiger partial charge in [0.05, 0.1) is 17.5 Å². The van der Waals surface area contributed by atoms with E-state index >= 15 is 0 Å². The van der Waals surface area contributed by atoms with E-state index in [1.165, 1.54) is 23.9 Å². The van der Waals surface area contributed by atoms with Crippen LogP contribution >= 0.6 is 11.6 Å². The highest BCUT2D eigenvalue weighted by molar-refractivity contribution is 6.31. The molecule has 0 aliphatic rings. The summed E-state index contributed by atoms with van der Waals surface area (Å²) in [5.41, 5.74) is 3.86. The first-order valence-electron chi connectivity index (χ1n) is 7.93. The number of rotatable bonds is 5. The van der Waals surface area contributed by atoms with Crippen LogP contribution in [0.25, 0.3) is 11.3 Å². The van der Waals surface area contributed by atoms with E-state index < -0.39 is 5.82 Å². The van der Waals surface area contributed by atoms with E-state index in [4.69, 9.17) is 11.6 Å². The molecule has 1 aromatic heterocycles. The van der Waals surface area contributed by atoms with Crippen LogP contribution in [0, 0.1) is 5.82 Å². The maximum absolute atomic E-state index is 13.1. The van der Waals surface area contributed by atoms with Crippen molar-refractivity contribution in [1.82, 2.24) is 15.5 Å². The number of benzene rings is 2. The van der Waals surface area contributed by atoms with Crippen LogP contribution in [0.15, 0.2) is 48.7 Å². The zero-order valence-electron chi connectivity index (χ0n) is 13.6. The molecule has 0 bridgehead atoms. The van der Waals surface area contributed by atoms with E-state index in [-0.39, 0.29) is 17.5 Å². The molecule has 4 nitrogen and oxygen atoms in total. The van der Waals surface area contributed by atoms with Crippen molar-refractivity contribution in [3.63, 3.8) is 0 Å². The minimum absolute atomic E-state index is 0.206. The van der Waals surface area contributed by atoms with Gasteiger partial charge in [-0.2, -0.15) is 5.10 Å². The predicted octanol–water partition coefficient (Wildman–Crippen LogP) is 4.36. The molecular weight excluding hydrogens is 341 g/mol. The smallest absolute Gasteiger partial charge is 0.255 e. The third-order valence-corrected chi connectivity index (χ3v) is 4.34. The Morgan fingerprint density at radius 3 is 2.68 bits per heavy atom. The molecule has 25 heavy (non-hydrogen) atoms. The first-order valence-corrected chi connectivity index (χ1v) is 8.31. The van der Waals surface area contributed by atoms with E-state index in [2.05, 4.69) is 22.4 Å². The van der Waals surface area contributed by atoms with E-state index in [1.54, 1.807) is 6.07 Å². The lowest BCUT2D eigenvalue weighted by molar-refractivity contribution is 0.0951. The summed E-state index contributed by atoms with van der Waals surface area (Å²) in [4.78, 5) is 12.5. The Kier molecular flexibility index (Phi) is 5.14. The summed E-state index contributed by atoms with van der Waals surface area (Å²) >= 11 is 5.98. The van der Waals surface area contributed by atoms with E-state index in [0.717, 1.165) is 12.0 Å². The van der Waals surface area contributed by atoms with Gasteiger partial charge >= 0.3 is 0 Å². The van der Waals surface area contributed by atoms with Gasteiger partial charge in [0.1, 0.15) is 5.82 Å². The number of aryl methyl sites for hydroxylation is 1. The lowest BCUT2D eigenvalue weighted by atomic mass is 10.0. The number of carbonyl (C=O) groups is 1. The van der Waals surface area contributed by atoms with Crippen molar-refractivity contribution < 1.29 is 9.18 Å². The third-order valence-electron chi connectivity index (χ3n) is 3.99. The molecule has 1 amide bonds. The summed E-state index contributed by atoms with van der Waals surface area (Å²) < 4.78 is 13.1. The second-order valence-electron chi connectivity index (χ2n) is 5.63. The molecule has 0 atom stereocenters. The normalized spacial score (nSPS) is 10.7. The Morgan fingerprint density at radius 1 is 1.24 bits per heavy atom. The zero-order valence-corrected chi connectivity index (χ0v) is 14.4. The Morgan fingerprint density at radius 2 is 2.00 bits per heavy atom. The summed E-state index contributed by atoms with van der Waals surface area (Å²) in [7, 11) is 0. The monoisotopic (exact) mass is 357 g/mol. The zero-order chi connectivity index (χ0) is 17.8. The number of amides is 1. The van der Waals surface area contributed by atoms with Crippen LogP contribution in [-0.4, -0.2) is 16.1 Å². The summed E-state index contributed by atoms with van der Waals surface area (Å²) in [5, 5.41) is 9.92. The average molecular weight is 358 g/mol. The minimum Gasteiger partial charge on any atom is -0.348 e. The lowest BCUT2D eigenvalue weighted by Crippen LogP contribution is -2.23. The Labute approximate surface area is 150 Å². The van der Waals surface area contributed by atoms with Gasteiger partial charge in [0.2, 0.25) is 0 Å². The standard InChI is InChI=1S/C19H17ClFN3O/c1-2-12-3-5-13(6-4-12)18-16(11-23-24-18)19(25)22-10-14-7-8-15(21)9-17(14)20/h3-9,11H,2,10H2,1H3,(H,22,25)(H,23,24). The first kappa shape index (κ1) is 17.2. The molecule has 2 N–H and O–H groups in total. The molecule has 2 aromatic carbocycles. The van der Waals surface area contributed by atoms with Crippen LogP contribution in [0.3, 0.4) is 0 Å². The summed E-state index contributed by atoms with van der Waals surface area (Å²) in [6, 6.07) is 12.1.